The zero-order chi connectivity index (χ0) is 18.4. The summed E-state index contributed by atoms with van der Waals surface area (Å²) in [4.78, 5) is 11.1. The number of hydrogen-bond acceptors (Lipinski definition) is 5. The van der Waals surface area contributed by atoms with Crippen molar-refractivity contribution in [2.75, 3.05) is 25.0 Å². The Bertz CT molecular complexity index is 710. The SMILES string of the molecule is CN=C(NCc1cc(C(C)C)no1)NC1CCN(c2ccccn2)CC1.I. The molecule has 0 saturated carbocycles. The van der Waals surface area contributed by atoms with E-state index < -0.39 is 0 Å². The number of nitrogens with one attached hydrogen (secondary N) is 2. The molecular weight excluding hydrogens is 455 g/mol. The lowest BCUT2D eigenvalue weighted by molar-refractivity contribution is 0.371. The summed E-state index contributed by atoms with van der Waals surface area (Å²) in [6, 6.07) is 8.45. The second kappa shape index (κ2) is 10.5. The number of piperidine rings is 1. The molecule has 0 aromatic carbocycles. The van der Waals surface area contributed by atoms with Gasteiger partial charge in [0.05, 0.1) is 12.2 Å². The van der Waals surface area contributed by atoms with Gasteiger partial charge in [0.1, 0.15) is 5.82 Å². The van der Waals surface area contributed by atoms with E-state index in [-0.39, 0.29) is 24.0 Å². The van der Waals surface area contributed by atoms with E-state index in [0.29, 0.717) is 18.5 Å². The number of pyridine rings is 1. The molecule has 1 aliphatic heterocycles. The normalized spacial score (nSPS) is 15.6. The van der Waals surface area contributed by atoms with Gasteiger partial charge in [0, 0.05) is 38.4 Å². The fourth-order valence-corrected chi connectivity index (χ4v) is 3.04. The zero-order valence-corrected chi connectivity index (χ0v) is 18.5. The Morgan fingerprint density at radius 2 is 2.11 bits per heavy atom. The Morgan fingerprint density at radius 1 is 1.33 bits per heavy atom. The van der Waals surface area contributed by atoms with Crippen molar-refractivity contribution < 1.29 is 4.52 Å². The number of rotatable bonds is 5. The standard InChI is InChI=1S/C19H28N6O.HI/c1-14(2)17-12-16(26-24-17)13-22-19(20-3)23-15-7-10-25(11-8-15)18-6-4-5-9-21-18;/h4-6,9,12,14-15H,7-8,10-11,13H2,1-3H3,(H2,20,22,23);1H. The van der Waals surface area contributed by atoms with Gasteiger partial charge in [-0.3, -0.25) is 4.99 Å². The molecule has 3 heterocycles. The third-order valence-corrected chi connectivity index (χ3v) is 4.63. The Balaban J connectivity index is 0.00000261. The highest BCUT2D eigenvalue weighted by atomic mass is 127. The number of aromatic nitrogens is 2. The Kier molecular flexibility index (Phi) is 8.33. The summed E-state index contributed by atoms with van der Waals surface area (Å²) in [5.74, 6) is 3.04. The van der Waals surface area contributed by atoms with Gasteiger partial charge in [-0.1, -0.05) is 25.1 Å². The average Bonchev–Trinajstić information content (AvgIpc) is 3.16. The first-order chi connectivity index (χ1) is 12.7. The van der Waals surface area contributed by atoms with Crippen molar-refractivity contribution in [1.82, 2.24) is 20.8 Å². The molecule has 0 unspecified atom stereocenters. The van der Waals surface area contributed by atoms with Gasteiger partial charge in [-0.25, -0.2) is 4.98 Å². The molecule has 27 heavy (non-hydrogen) atoms. The maximum Gasteiger partial charge on any atom is 0.191 e. The predicted octanol–water partition coefficient (Wildman–Crippen LogP) is 3.15. The van der Waals surface area contributed by atoms with Crippen molar-refractivity contribution in [1.29, 1.82) is 0 Å². The van der Waals surface area contributed by atoms with Crippen molar-refractivity contribution in [3.8, 4) is 0 Å². The second-order valence-corrected chi connectivity index (χ2v) is 6.89. The van der Waals surface area contributed by atoms with Gasteiger partial charge in [-0.15, -0.1) is 24.0 Å². The van der Waals surface area contributed by atoms with E-state index in [2.05, 4.69) is 50.6 Å². The van der Waals surface area contributed by atoms with Crippen LogP contribution in [0.3, 0.4) is 0 Å². The van der Waals surface area contributed by atoms with Gasteiger partial charge >= 0.3 is 0 Å². The van der Waals surface area contributed by atoms with Crippen LogP contribution < -0.4 is 15.5 Å². The first kappa shape index (κ1) is 21.5. The number of nitrogens with zero attached hydrogens (tertiary/aromatic N) is 4. The molecule has 0 amide bonds. The first-order valence-corrected chi connectivity index (χ1v) is 9.24. The van der Waals surface area contributed by atoms with E-state index >= 15 is 0 Å². The van der Waals surface area contributed by atoms with Gasteiger partial charge in [0.15, 0.2) is 11.7 Å². The molecule has 2 aromatic heterocycles. The van der Waals surface area contributed by atoms with Crippen LogP contribution in [0.4, 0.5) is 5.82 Å². The minimum Gasteiger partial charge on any atom is -0.359 e. The summed E-state index contributed by atoms with van der Waals surface area (Å²) < 4.78 is 5.37. The molecule has 3 rings (SSSR count). The van der Waals surface area contributed by atoms with E-state index in [1.165, 1.54) is 0 Å². The Morgan fingerprint density at radius 3 is 2.70 bits per heavy atom. The molecule has 2 aromatic rings. The summed E-state index contributed by atoms with van der Waals surface area (Å²) in [5.41, 5.74) is 0.978. The summed E-state index contributed by atoms with van der Waals surface area (Å²) in [7, 11) is 1.79. The largest absolute Gasteiger partial charge is 0.359 e. The number of hydrogen-bond donors (Lipinski definition) is 2. The van der Waals surface area contributed by atoms with E-state index in [4.69, 9.17) is 4.52 Å². The quantitative estimate of drug-likeness (QED) is 0.386. The maximum absolute atomic E-state index is 5.37. The average molecular weight is 484 g/mol. The van der Waals surface area contributed by atoms with Gasteiger partial charge in [-0.05, 0) is 30.9 Å². The van der Waals surface area contributed by atoms with Crippen LogP contribution in [0.2, 0.25) is 0 Å². The molecule has 0 bridgehead atoms. The fourth-order valence-electron chi connectivity index (χ4n) is 3.04. The van der Waals surface area contributed by atoms with Gasteiger partial charge in [0.2, 0.25) is 0 Å². The van der Waals surface area contributed by atoms with E-state index in [0.717, 1.165) is 49.2 Å². The van der Waals surface area contributed by atoms with Crippen LogP contribution in [0, 0.1) is 0 Å². The van der Waals surface area contributed by atoms with Crippen molar-refractivity contribution in [3.05, 3.63) is 41.9 Å². The maximum atomic E-state index is 5.37. The predicted molar refractivity (Wildman–Crippen MR) is 119 cm³/mol. The molecule has 8 heteroatoms. The number of aliphatic imine (C=N–C) groups is 1. The lowest BCUT2D eigenvalue weighted by Gasteiger charge is -2.33. The molecule has 0 spiro atoms. The lowest BCUT2D eigenvalue weighted by atomic mass is 10.1. The van der Waals surface area contributed by atoms with Crippen LogP contribution in [0.1, 0.15) is 44.1 Å². The monoisotopic (exact) mass is 484 g/mol. The van der Waals surface area contributed by atoms with Crippen molar-refractivity contribution in [3.63, 3.8) is 0 Å². The van der Waals surface area contributed by atoms with Crippen LogP contribution >= 0.6 is 24.0 Å². The molecule has 0 atom stereocenters. The third-order valence-electron chi connectivity index (χ3n) is 4.63. The highest BCUT2D eigenvalue weighted by Crippen LogP contribution is 2.17. The van der Waals surface area contributed by atoms with Gasteiger partial charge < -0.3 is 20.1 Å². The summed E-state index contributed by atoms with van der Waals surface area (Å²) in [6.45, 7) is 6.77. The molecule has 1 saturated heterocycles. The highest BCUT2D eigenvalue weighted by Gasteiger charge is 2.20. The van der Waals surface area contributed by atoms with Gasteiger partial charge in [0.25, 0.3) is 0 Å². The molecule has 0 radical (unpaired) electrons. The topological polar surface area (TPSA) is 78.6 Å². The smallest absolute Gasteiger partial charge is 0.191 e. The Labute approximate surface area is 178 Å². The third kappa shape index (κ3) is 6.08. The number of halogens is 1. The molecule has 1 aliphatic rings. The van der Waals surface area contributed by atoms with Crippen LogP contribution in [-0.4, -0.2) is 42.3 Å². The van der Waals surface area contributed by atoms with E-state index in [1.54, 1.807) is 7.05 Å². The Hall–Kier alpha value is -1.84. The van der Waals surface area contributed by atoms with Gasteiger partial charge in [-0.2, -0.15) is 0 Å². The van der Waals surface area contributed by atoms with E-state index in [1.807, 2.05) is 24.4 Å². The summed E-state index contributed by atoms with van der Waals surface area (Å²) in [5, 5.41) is 10.9. The highest BCUT2D eigenvalue weighted by molar-refractivity contribution is 14.0. The van der Waals surface area contributed by atoms with Crippen LogP contribution in [0.15, 0.2) is 40.0 Å². The minimum absolute atomic E-state index is 0. The number of anilines is 1. The molecule has 1 fully saturated rings. The number of guanidine groups is 1. The molecule has 7 nitrogen and oxygen atoms in total. The molecule has 0 aliphatic carbocycles. The van der Waals surface area contributed by atoms with Crippen LogP contribution in [0.5, 0.6) is 0 Å². The zero-order valence-electron chi connectivity index (χ0n) is 16.2. The molecule has 148 valence electrons. The minimum atomic E-state index is 0. The molecular formula is C19H29IN6O. The van der Waals surface area contributed by atoms with Crippen molar-refractivity contribution >= 4 is 35.8 Å². The summed E-state index contributed by atoms with van der Waals surface area (Å²) >= 11 is 0. The van der Waals surface area contributed by atoms with Crippen molar-refractivity contribution in [2.45, 2.75) is 45.2 Å². The van der Waals surface area contributed by atoms with E-state index in [9.17, 15) is 0 Å². The van der Waals surface area contributed by atoms with Crippen molar-refractivity contribution in [2.24, 2.45) is 4.99 Å². The van der Waals surface area contributed by atoms with Crippen LogP contribution in [0.25, 0.3) is 0 Å². The van der Waals surface area contributed by atoms with Crippen LogP contribution in [-0.2, 0) is 6.54 Å². The second-order valence-electron chi connectivity index (χ2n) is 6.89. The first-order valence-electron chi connectivity index (χ1n) is 9.24. The summed E-state index contributed by atoms with van der Waals surface area (Å²) in [6.07, 6.45) is 3.95. The lowest BCUT2D eigenvalue weighted by Crippen LogP contribution is -2.48. The fraction of sp³-hybridized carbons (Fsp3) is 0.526. The molecule has 2 N–H and O–H groups in total.